The minimum absolute atomic E-state index is 0.0927. The molecule has 1 aromatic heterocycles. The first-order chi connectivity index (χ1) is 12.4. The maximum absolute atomic E-state index is 13.6. The van der Waals surface area contributed by atoms with Gasteiger partial charge >= 0.3 is 0 Å². The van der Waals surface area contributed by atoms with E-state index in [2.05, 4.69) is 20.8 Å². The number of hydrogen-bond donors (Lipinski definition) is 3. The molecule has 26 heavy (non-hydrogen) atoms. The number of halogens is 1. The Bertz CT molecular complexity index is 689. The lowest BCUT2D eigenvalue weighted by molar-refractivity contribution is -0.124. The number of nitroso groups, excluding NO2 is 1. The van der Waals surface area contributed by atoms with Crippen molar-refractivity contribution in [1.29, 1.82) is 0 Å². The van der Waals surface area contributed by atoms with Crippen molar-refractivity contribution in [2.45, 2.75) is 24.9 Å². The summed E-state index contributed by atoms with van der Waals surface area (Å²) in [6.07, 6.45) is 1.32. The van der Waals surface area contributed by atoms with Crippen molar-refractivity contribution in [1.82, 2.24) is 15.2 Å². The predicted molar refractivity (Wildman–Crippen MR) is 96.4 cm³/mol. The lowest BCUT2D eigenvalue weighted by atomic mass is 9.98. The summed E-state index contributed by atoms with van der Waals surface area (Å²) in [6.45, 7) is 1.08. The Labute approximate surface area is 151 Å². The second-order valence-electron chi connectivity index (χ2n) is 6.87. The summed E-state index contributed by atoms with van der Waals surface area (Å²) in [5.74, 6) is -1.41. The number of rotatable bonds is 5. The van der Waals surface area contributed by atoms with Crippen molar-refractivity contribution < 1.29 is 9.18 Å². The van der Waals surface area contributed by atoms with Gasteiger partial charge in [0.1, 0.15) is 12.1 Å². The van der Waals surface area contributed by atoms with Crippen LogP contribution in [0, 0.1) is 10.8 Å². The molecule has 1 saturated heterocycles. The van der Waals surface area contributed by atoms with Crippen LogP contribution >= 0.6 is 0 Å². The molecule has 9 nitrogen and oxygen atoms in total. The van der Waals surface area contributed by atoms with Gasteiger partial charge in [-0.15, -0.1) is 4.91 Å². The van der Waals surface area contributed by atoms with Gasteiger partial charge in [-0.3, -0.25) is 20.0 Å². The summed E-state index contributed by atoms with van der Waals surface area (Å²) in [4.78, 5) is 31.9. The van der Waals surface area contributed by atoms with Gasteiger partial charge in [-0.1, -0.05) is 5.18 Å². The molecule has 10 heteroatoms. The number of hydrogen-bond acceptors (Lipinski definition) is 8. The lowest BCUT2D eigenvalue weighted by Gasteiger charge is -2.39. The highest BCUT2D eigenvalue weighted by Gasteiger charge is 2.40. The molecule has 3 heterocycles. The fourth-order valence-electron chi connectivity index (χ4n) is 3.69. The summed E-state index contributed by atoms with van der Waals surface area (Å²) < 4.78 is 13.6. The Morgan fingerprint density at radius 1 is 1.50 bits per heavy atom. The van der Waals surface area contributed by atoms with Gasteiger partial charge in [-0.2, -0.15) is 0 Å². The third-order valence-electron chi connectivity index (χ3n) is 4.99. The Balaban J connectivity index is 1.83. The molecule has 1 aromatic rings. The molecule has 1 amide bonds. The summed E-state index contributed by atoms with van der Waals surface area (Å²) in [6, 6.07) is 0. The maximum atomic E-state index is 13.6. The predicted octanol–water partition coefficient (Wildman–Crippen LogP) is -0.121. The third-order valence-corrected chi connectivity index (χ3v) is 4.99. The summed E-state index contributed by atoms with van der Waals surface area (Å²) in [5.41, 5.74) is 8.34. The highest BCUT2D eigenvalue weighted by molar-refractivity contribution is 5.97. The van der Waals surface area contributed by atoms with Crippen LogP contribution in [0.5, 0.6) is 0 Å². The SMILES string of the molecule is CN1CCc2cncc(NC(=O)C(C(N)N=O)C3NCC(F)CN3C)c21. The van der Waals surface area contributed by atoms with Crippen LogP contribution in [0.3, 0.4) is 0 Å². The zero-order chi connectivity index (χ0) is 18.8. The van der Waals surface area contributed by atoms with Crippen LogP contribution in [0.1, 0.15) is 5.56 Å². The van der Waals surface area contributed by atoms with Crippen LogP contribution < -0.4 is 21.3 Å². The number of pyridine rings is 1. The molecule has 4 N–H and O–H groups in total. The van der Waals surface area contributed by atoms with Crippen molar-refractivity contribution in [3.63, 3.8) is 0 Å². The van der Waals surface area contributed by atoms with E-state index in [-0.39, 0.29) is 13.1 Å². The number of alkyl halides is 1. The van der Waals surface area contributed by atoms with E-state index < -0.39 is 30.3 Å². The molecule has 4 unspecified atom stereocenters. The topological polar surface area (TPSA) is 116 Å². The quantitative estimate of drug-likeness (QED) is 0.623. The van der Waals surface area contributed by atoms with Crippen LogP contribution in [0.15, 0.2) is 17.6 Å². The average molecular weight is 365 g/mol. The molecule has 0 saturated carbocycles. The number of aromatic nitrogens is 1. The number of fused-ring (bicyclic) bond motifs is 1. The molecular weight excluding hydrogens is 341 g/mol. The van der Waals surface area contributed by atoms with E-state index in [0.29, 0.717) is 5.69 Å². The number of likely N-dealkylation sites (N-methyl/N-ethyl adjacent to an activating group) is 1. The minimum Gasteiger partial charge on any atom is -0.372 e. The van der Waals surface area contributed by atoms with Crippen molar-refractivity contribution >= 4 is 17.3 Å². The van der Waals surface area contributed by atoms with E-state index in [1.165, 1.54) is 0 Å². The second-order valence-corrected chi connectivity index (χ2v) is 6.87. The van der Waals surface area contributed by atoms with Gasteiger partial charge in [0.25, 0.3) is 0 Å². The molecule has 0 bridgehead atoms. The minimum atomic E-state index is -1.26. The summed E-state index contributed by atoms with van der Waals surface area (Å²) >= 11 is 0. The molecular formula is C16H24FN7O2. The molecule has 0 aliphatic carbocycles. The Morgan fingerprint density at radius 2 is 2.27 bits per heavy atom. The highest BCUT2D eigenvalue weighted by Crippen LogP contribution is 2.34. The Kier molecular flexibility index (Phi) is 5.44. The van der Waals surface area contributed by atoms with E-state index in [1.54, 1.807) is 24.3 Å². The van der Waals surface area contributed by atoms with Crippen molar-refractivity contribution in [3.05, 3.63) is 22.9 Å². The number of carbonyl (C=O) groups excluding carboxylic acids is 1. The highest BCUT2D eigenvalue weighted by atomic mass is 19.1. The van der Waals surface area contributed by atoms with Crippen molar-refractivity contribution in [2.24, 2.45) is 16.8 Å². The number of amides is 1. The number of nitrogens with two attached hydrogens (primary N) is 1. The fourth-order valence-corrected chi connectivity index (χ4v) is 3.69. The van der Waals surface area contributed by atoms with Gasteiger partial charge in [0.05, 0.1) is 23.7 Å². The van der Waals surface area contributed by atoms with E-state index in [0.717, 1.165) is 24.2 Å². The van der Waals surface area contributed by atoms with Crippen molar-refractivity contribution in [2.75, 3.05) is 43.9 Å². The van der Waals surface area contributed by atoms with E-state index in [1.807, 2.05) is 11.9 Å². The average Bonchev–Trinajstić information content (AvgIpc) is 2.99. The molecule has 2 aliphatic heterocycles. The van der Waals surface area contributed by atoms with Crippen molar-refractivity contribution in [3.8, 4) is 0 Å². The molecule has 0 radical (unpaired) electrons. The zero-order valence-electron chi connectivity index (χ0n) is 14.9. The third kappa shape index (κ3) is 3.53. The van der Waals surface area contributed by atoms with Gasteiger partial charge in [0.2, 0.25) is 5.91 Å². The summed E-state index contributed by atoms with van der Waals surface area (Å²) in [5, 5.41) is 8.63. The molecule has 0 spiro atoms. The maximum Gasteiger partial charge on any atom is 0.234 e. The molecule has 0 aromatic carbocycles. The first-order valence-electron chi connectivity index (χ1n) is 8.57. The molecule has 3 rings (SSSR count). The lowest BCUT2D eigenvalue weighted by Crippen LogP contribution is -2.62. The Morgan fingerprint density at radius 3 is 2.96 bits per heavy atom. The van der Waals surface area contributed by atoms with Gasteiger partial charge in [-0.05, 0) is 19.0 Å². The van der Waals surface area contributed by atoms with Gasteiger partial charge in [0, 0.05) is 32.9 Å². The molecule has 4 atom stereocenters. The van der Waals surface area contributed by atoms with Gasteiger partial charge in [-0.25, -0.2) is 4.39 Å². The molecule has 2 aliphatic rings. The standard InChI is InChI=1S/C16H24FN7O2/c1-23-4-3-9-5-19-7-11(13(9)23)21-16(25)12(14(18)22-26)15-20-6-10(17)8-24(15)2/h5,7,10,12,14-15,20H,3-4,6,8,18H2,1-2H3,(H,21,25). The summed E-state index contributed by atoms with van der Waals surface area (Å²) in [7, 11) is 3.62. The first kappa shape index (κ1) is 18.6. The fraction of sp³-hybridized carbons (Fsp3) is 0.625. The molecule has 142 valence electrons. The Hall–Kier alpha value is -2.17. The van der Waals surface area contributed by atoms with Gasteiger partial charge < -0.3 is 16.0 Å². The normalized spacial score (nSPS) is 25.5. The smallest absolute Gasteiger partial charge is 0.234 e. The van der Waals surface area contributed by atoms with Gasteiger partial charge in [0.15, 0.2) is 6.17 Å². The molecule has 1 fully saturated rings. The van der Waals surface area contributed by atoms with E-state index in [9.17, 15) is 14.1 Å². The number of carbonyl (C=O) groups is 1. The van der Waals surface area contributed by atoms with Crippen LogP contribution in [0.2, 0.25) is 0 Å². The first-order valence-corrected chi connectivity index (χ1v) is 8.57. The van der Waals surface area contributed by atoms with Crippen LogP contribution in [0.25, 0.3) is 0 Å². The van der Waals surface area contributed by atoms with Crippen LogP contribution in [-0.2, 0) is 11.2 Å². The van der Waals surface area contributed by atoms with Crippen LogP contribution in [0.4, 0.5) is 15.8 Å². The van der Waals surface area contributed by atoms with Crippen LogP contribution in [-0.4, -0.2) is 68.0 Å². The largest absolute Gasteiger partial charge is 0.372 e. The number of nitrogens with zero attached hydrogens (tertiary/aromatic N) is 4. The second kappa shape index (κ2) is 7.60. The number of nitrogens with one attached hydrogen (secondary N) is 2. The zero-order valence-corrected chi connectivity index (χ0v) is 14.9. The van der Waals surface area contributed by atoms with E-state index in [4.69, 9.17) is 5.73 Å². The van der Waals surface area contributed by atoms with E-state index >= 15 is 0 Å². The monoisotopic (exact) mass is 365 g/mol. The number of anilines is 2.